The fourth-order valence-corrected chi connectivity index (χ4v) is 0.805. The number of hydrazone groups is 1. The predicted molar refractivity (Wildman–Crippen MR) is 61.8 cm³/mol. The Balaban J connectivity index is 4.39. The first kappa shape index (κ1) is 15.9. The molecule has 0 aromatic carbocycles. The second-order valence-corrected chi connectivity index (χ2v) is 2.94. The lowest BCUT2D eigenvalue weighted by Gasteiger charge is -2.09. The number of nitrogens with one attached hydrogen (secondary N) is 3. The van der Waals surface area contributed by atoms with Crippen LogP contribution in [0.1, 0.15) is 13.8 Å². The van der Waals surface area contributed by atoms with Gasteiger partial charge < -0.3 is 10.6 Å². The third-order valence-electron chi connectivity index (χ3n) is 1.55. The van der Waals surface area contributed by atoms with E-state index < -0.39 is 17.8 Å². The summed E-state index contributed by atoms with van der Waals surface area (Å²) in [6, 6.07) is 0. The van der Waals surface area contributed by atoms with Crippen LogP contribution in [0.15, 0.2) is 21.9 Å². The number of hydrogen-bond acceptors (Lipinski definition) is 3. The van der Waals surface area contributed by atoms with Gasteiger partial charge in [-0.1, -0.05) is 6.08 Å². The molecule has 0 bridgehead atoms. The van der Waals surface area contributed by atoms with E-state index in [1.54, 1.807) is 0 Å². The summed E-state index contributed by atoms with van der Waals surface area (Å²) < 4.78 is 36.7. The van der Waals surface area contributed by atoms with Crippen LogP contribution in [-0.4, -0.2) is 31.4 Å². The molecule has 18 heavy (non-hydrogen) atoms. The molecule has 1 amide bonds. The Labute approximate surface area is 102 Å². The van der Waals surface area contributed by atoms with Crippen molar-refractivity contribution in [2.45, 2.75) is 20.0 Å². The van der Waals surface area contributed by atoms with Crippen molar-refractivity contribution in [1.29, 1.82) is 0 Å². The van der Waals surface area contributed by atoms with Gasteiger partial charge in [0, 0.05) is 14.0 Å². The molecule has 102 valence electrons. The highest BCUT2D eigenvalue weighted by Gasteiger charge is 2.33. The lowest BCUT2D eigenvalue weighted by atomic mass is 10.4. The zero-order chi connectivity index (χ0) is 14.2. The molecular weight excluding hydrogens is 251 g/mol. The van der Waals surface area contributed by atoms with Gasteiger partial charge >= 0.3 is 6.18 Å². The summed E-state index contributed by atoms with van der Waals surface area (Å²) in [5, 5.41) is 8.23. The smallest absolute Gasteiger partial charge is 0.359 e. The van der Waals surface area contributed by atoms with Gasteiger partial charge in [-0.2, -0.15) is 23.3 Å². The van der Waals surface area contributed by atoms with E-state index in [0.29, 0.717) is 0 Å². The van der Waals surface area contributed by atoms with Gasteiger partial charge in [0.2, 0.25) is 11.9 Å². The van der Waals surface area contributed by atoms with E-state index in [1.807, 2.05) is 5.43 Å². The van der Waals surface area contributed by atoms with Crippen molar-refractivity contribution < 1.29 is 18.0 Å². The van der Waals surface area contributed by atoms with Crippen molar-refractivity contribution in [1.82, 2.24) is 16.1 Å². The van der Waals surface area contributed by atoms with Crippen molar-refractivity contribution >= 4 is 18.2 Å². The monoisotopic (exact) mass is 265 g/mol. The Bertz CT molecular complexity index is 373. The first-order valence-electron chi connectivity index (χ1n) is 4.85. The van der Waals surface area contributed by atoms with E-state index >= 15 is 0 Å². The molecule has 0 spiro atoms. The van der Waals surface area contributed by atoms with E-state index in [4.69, 9.17) is 0 Å². The third-order valence-corrected chi connectivity index (χ3v) is 1.55. The van der Waals surface area contributed by atoms with Gasteiger partial charge in [-0.3, -0.25) is 10.2 Å². The number of nitrogens with zero attached hydrogens (tertiary/aromatic N) is 2. The fourth-order valence-electron chi connectivity index (χ4n) is 0.805. The third kappa shape index (κ3) is 6.51. The maximum Gasteiger partial charge on any atom is 0.432 e. The lowest BCUT2D eigenvalue weighted by molar-refractivity contribution is -0.115. The standard InChI is InChI=1S/C9H14F3N5O/c1-4-7(9(10,11)12)17-15-5-14-8(13-3)16-6(2)18/h4-5,17H,1-3H3,(H2,13,14,15,16,18)/b7-4+. The summed E-state index contributed by atoms with van der Waals surface area (Å²) in [6.07, 6.45) is -2.71. The first-order valence-corrected chi connectivity index (χ1v) is 4.85. The van der Waals surface area contributed by atoms with Crippen molar-refractivity contribution in [2.24, 2.45) is 10.1 Å². The van der Waals surface area contributed by atoms with Gasteiger partial charge in [0.15, 0.2) is 0 Å². The zero-order valence-electron chi connectivity index (χ0n) is 10.1. The number of amides is 1. The van der Waals surface area contributed by atoms with Crippen LogP contribution in [0.2, 0.25) is 0 Å². The number of carbonyl (C=O) groups is 1. The molecule has 0 aliphatic rings. The summed E-state index contributed by atoms with van der Waals surface area (Å²) in [6.45, 7) is 2.46. The van der Waals surface area contributed by atoms with Crippen molar-refractivity contribution in [2.75, 3.05) is 7.05 Å². The van der Waals surface area contributed by atoms with E-state index in [0.717, 1.165) is 12.4 Å². The molecule has 0 radical (unpaired) electrons. The summed E-state index contributed by atoms with van der Waals surface area (Å²) in [5.41, 5.74) is 0.827. The average Bonchev–Trinajstić information content (AvgIpc) is 2.25. The molecule has 0 rings (SSSR count). The molecule has 0 aromatic heterocycles. The number of carbonyl (C=O) groups excluding carboxylic acids is 1. The van der Waals surface area contributed by atoms with E-state index in [2.05, 4.69) is 20.7 Å². The molecule has 0 aliphatic carbocycles. The van der Waals surface area contributed by atoms with Gasteiger partial charge in [0.05, 0.1) is 0 Å². The number of rotatable bonds is 3. The van der Waals surface area contributed by atoms with Crippen LogP contribution in [0.5, 0.6) is 0 Å². The van der Waals surface area contributed by atoms with Crippen LogP contribution in [0.4, 0.5) is 13.2 Å². The molecule has 0 heterocycles. The maximum atomic E-state index is 12.2. The number of allylic oxidation sites excluding steroid dienone is 2. The average molecular weight is 265 g/mol. The number of guanidine groups is 1. The first-order chi connectivity index (χ1) is 8.31. The SMILES string of the molecule is C/C=C(/N/N=C/N/C(=N\C(C)=O)NC)C(F)(F)F. The number of alkyl halides is 3. The highest BCUT2D eigenvalue weighted by molar-refractivity contribution is 5.97. The second kappa shape index (κ2) is 7.30. The fraction of sp³-hybridized carbons (Fsp3) is 0.444. The highest BCUT2D eigenvalue weighted by atomic mass is 19.4. The van der Waals surface area contributed by atoms with Crippen LogP contribution in [0.25, 0.3) is 0 Å². The van der Waals surface area contributed by atoms with E-state index in [9.17, 15) is 18.0 Å². The molecule has 3 N–H and O–H groups in total. The summed E-state index contributed by atoms with van der Waals surface area (Å²) in [7, 11) is 1.49. The summed E-state index contributed by atoms with van der Waals surface area (Å²) in [4.78, 5) is 14.1. The van der Waals surface area contributed by atoms with Gasteiger partial charge in [-0.05, 0) is 6.92 Å². The van der Waals surface area contributed by atoms with Crippen LogP contribution in [0.3, 0.4) is 0 Å². The van der Waals surface area contributed by atoms with E-state index in [-0.39, 0.29) is 5.96 Å². The van der Waals surface area contributed by atoms with Crippen molar-refractivity contribution in [3.8, 4) is 0 Å². The van der Waals surface area contributed by atoms with Crippen LogP contribution in [-0.2, 0) is 4.79 Å². The Kier molecular flexibility index (Phi) is 6.47. The number of halogens is 3. The minimum absolute atomic E-state index is 0.0714. The quantitative estimate of drug-likeness (QED) is 0.399. The van der Waals surface area contributed by atoms with E-state index in [1.165, 1.54) is 20.9 Å². The summed E-state index contributed by atoms with van der Waals surface area (Å²) >= 11 is 0. The van der Waals surface area contributed by atoms with Gasteiger partial charge in [-0.25, -0.2) is 0 Å². The Morgan fingerprint density at radius 2 is 1.94 bits per heavy atom. The van der Waals surface area contributed by atoms with Crippen molar-refractivity contribution in [3.63, 3.8) is 0 Å². The van der Waals surface area contributed by atoms with Gasteiger partial charge in [0.1, 0.15) is 12.0 Å². The molecule has 0 saturated heterocycles. The topological polar surface area (TPSA) is 77.9 Å². The predicted octanol–water partition coefficient (Wildman–Crippen LogP) is 0.697. The number of hydrogen-bond donors (Lipinski definition) is 3. The van der Waals surface area contributed by atoms with Crippen LogP contribution >= 0.6 is 0 Å². The van der Waals surface area contributed by atoms with Gasteiger partial charge in [0.25, 0.3) is 0 Å². The molecule has 6 nitrogen and oxygen atoms in total. The molecule has 0 atom stereocenters. The Morgan fingerprint density at radius 3 is 2.33 bits per heavy atom. The highest BCUT2D eigenvalue weighted by Crippen LogP contribution is 2.22. The lowest BCUT2D eigenvalue weighted by Crippen LogP contribution is -2.35. The van der Waals surface area contributed by atoms with Crippen molar-refractivity contribution in [3.05, 3.63) is 11.8 Å². The maximum absolute atomic E-state index is 12.2. The largest absolute Gasteiger partial charge is 0.432 e. The van der Waals surface area contributed by atoms with Crippen LogP contribution < -0.4 is 16.1 Å². The normalized spacial score (nSPS) is 13.7. The molecule has 9 heteroatoms. The molecule has 0 aromatic rings. The van der Waals surface area contributed by atoms with Crippen LogP contribution in [0, 0.1) is 0 Å². The summed E-state index contributed by atoms with van der Waals surface area (Å²) in [5.74, 6) is -0.389. The molecule has 0 fully saturated rings. The molecule has 0 aliphatic heterocycles. The molecule has 0 unspecified atom stereocenters. The molecule has 0 saturated carbocycles. The second-order valence-electron chi connectivity index (χ2n) is 2.94. The Hall–Kier alpha value is -2.06. The molecular formula is C9H14F3N5O. The Morgan fingerprint density at radius 1 is 1.33 bits per heavy atom. The van der Waals surface area contributed by atoms with Gasteiger partial charge in [-0.15, -0.1) is 0 Å². The minimum Gasteiger partial charge on any atom is -0.359 e. The number of aliphatic imine (C=N–C) groups is 1. The zero-order valence-corrected chi connectivity index (χ0v) is 10.1. The minimum atomic E-state index is -4.49.